The first-order valence-electron chi connectivity index (χ1n) is 12.6. The minimum Gasteiger partial charge on any atom is -0.483 e. The molecule has 3 aromatic carbocycles. The van der Waals surface area contributed by atoms with Crippen LogP contribution in [-0.4, -0.2) is 33.0 Å². The maximum absolute atomic E-state index is 13.6. The van der Waals surface area contributed by atoms with Gasteiger partial charge in [0.1, 0.15) is 11.4 Å². The van der Waals surface area contributed by atoms with Crippen molar-refractivity contribution in [2.24, 2.45) is 7.05 Å². The quantitative estimate of drug-likeness (QED) is 0.257. The van der Waals surface area contributed by atoms with Crippen molar-refractivity contribution < 1.29 is 14.3 Å². The Balaban J connectivity index is 1.40. The third-order valence-electron chi connectivity index (χ3n) is 6.52. The average Bonchev–Trinajstić information content (AvgIpc) is 3.34. The second kappa shape index (κ2) is 11.6. The summed E-state index contributed by atoms with van der Waals surface area (Å²) < 4.78 is 9.70. The number of aryl methyl sites for hydroxylation is 1. The van der Waals surface area contributed by atoms with Crippen molar-refractivity contribution in [1.29, 1.82) is 5.41 Å². The highest BCUT2D eigenvalue weighted by Gasteiger charge is 2.38. The molecule has 11 heteroatoms. The summed E-state index contributed by atoms with van der Waals surface area (Å²) in [4.78, 5) is 41.0. The van der Waals surface area contributed by atoms with Crippen molar-refractivity contribution in [2.75, 3.05) is 16.8 Å². The molecule has 0 bridgehead atoms. The zero-order valence-corrected chi connectivity index (χ0v) is 24.9. The Morgan fingerprint density at radius 3 is 2.46 bits per heavy atom. The fourth-order valence-electron chi connectivity index (χ4n) is 4.38. The zero-order chi connectivity index (χ0) is 29.3. The van der Waals surface area contributed by atoms with E-state index in [1.54, 1.807) is 55.1 Å². The lowest BCUT2D eigenvalue weighted by molar-refractivity contribution is -0.118. The molecule has 9 nitrogen and oxygen atoms in total. The van der Waals surface area contributed by atoms with E-state index in [1.165, 1.54) is 4.68 Å². The first-order valence-corrected chi connectivity index (χ1v) is 14.2. The van der Waals surface area contributed by atoms with Gasteiger partial charge in [-0.2, -0.15) is 0 Å². The number of nitrogens with one attached hydrogen (secondary N) is 2. The molecule has 2 N–H and O–H groups in total. The normalized spacial score (nSPS) is 14.1. The SMILES string of the molecule is Cc1ccc(NC(=O)COc2ccc(Br)cc2/C=C2\SC(=N)N(c3c(C)n(C)n(-c4ccccc4)c3=O)C2=O)cc1. The van der Waals surface area contributed by atoms with Gasteiger partial charge in [-0.3, -0.25) is 24.5 Å². The van der Waals surface area contributed by atoms with Gasteiger partial charge in [0.05, 0.1) is 16.3 Å². The summed E-state index contributed by atoms with van der Waals surface area (Å²) in [7, 11) is 1.74. The number of hydrogen-bond acceptors (Lipinski definition) is 6. The second-order valence-corrected chi connectivity index (χ2v) is 11.3. The molecule has 0 unspecified atom stereocenters. The number of thioether (sulfide) groups is 1. The van der Waals surface area contributed by atoms with Crippen LogP contribution in [0.3, 0.4) is 0 Å². The van der Waals surface area contributed by atoms with Crippen LogP contribution in [0.25, 0.3) is 11.8 Å². The number of benzene rings is 3. The highest BCUT2D eigenvalue weighted by Crippen LogP contribution is 2.37. The maximum atomic E-state index is 13.6. The fourth-order valence-corrected chi connectivity index (χ4v) is 5.60. The predicted molar refractivity (Wildman–Crippen MR) is 166 cm³/mol. The molecule has 0 saturated carbocycles. The van der Waals surface area contributed by atoms with Crippen LogP contribution in [0, 0.1) is 19.3 Å². The van der Waals surface area contributed by atoms with Gasteiger partial charge < -0.3 is 10.1 Å². The Morgan fingerprint density at radius 1 is 1.05 bits per heavy atom. The maximum Gasteiger partial charge on any atom is 0.296 e. The van der Waals surface area contributed by atoms with Crippen LogP contribution in [0.4, 0.5) is 11.4 Å². The molecule has 0 spiro atoms. The van der Waals surface area contributed by atoms with E-state index in [2.05, 4.69) is 21.2 Å². The summed E-state index contributed by atoms with van der Waals surface area (Å²) in [5, 5.41) is 11.3. The minimum absolute atomic E-state index is 0.0813. The number of carbonyl (C=O) groups is 2. The standard InChI is InChI=1S/C30H26BrN5O4S/c1-18-9-12-22(13-10-18)33-26(37)17-40-24-14-11-21(31)15-20(24)16-25-28(38)35(30(32)41-25)27-19(2)34(3)36(29(27)39)23-7-5-4-6-8-23/h4-16,32H,17H2,1-3H3,(H,33,37)/b25-16-,32-30?. The van der Waals surface area contributed by atoms with Crippen molar-refractivity contribution in [2.45, 2.75) is 13.8 Å². The number of ether oxygens (including phenoxy) is 1. The molecule has 0 aliphatic carbocycles. The van der Waals surface area contributed by atoms with E-state index in [0.717, 1.165) is 26.7 Å². The van der Waals surface area contributed by atoms with Gasteiger partial charge in [0.2, 0.25) is 0 Å². The van der Waals surface area contributed by atoms with Crippen molar-refractivity contribution in [3.8, 4) is 11.4 Å². The predicted octanol–water partition coefficient (Wildman–Crippen LogP) is 5.63. The molecular weight excluding hydrogens is 606 g/mol. The lowest BCUT2D eigenvalue weighted by Crippen LogP contribution is -2.33. The lowest BCUT2D eigenvalue weighted by atomic mass is 10.2. The molecule has 41 heavy (non-hydrogen) atoms. The van der Waals surface area contributed by atoms with E-state index in [4.69, 9.17) is 10.1 Å². The number of carbonyl (C=O) groups excluding carboxylic acids is 2. The summed E-state index contributed by atoms with van der Waals surface area (Å²) in [5.74, 6) is -0.432. The number of amidine groups is 1. The Labute approximate surface area is 249 Å². The lowest BCUT2D eigenvalue weighted by Gasteiger charge is -2.12. The van der Waals surface area contributed by atoms with Gasteiger partial charge in [0.25, 0.3) is 17.4 Å². The van der Waals surface area contributed by atoms with E-state index in [0.29, 0.717) is 28.4 Å². The first kappa shape index (κ1) is 28.2. The molecular formula is C30H26BrN5O4S. The minimum atomic E-state index is -0.492. The Hall–Kier alpha value is -4.35. The van der Waals surface area contributed by atoms with Crippen molar-refractivity contribution in [3.05, 3.63) is 109 Å². The number of rotatable bonds is 7. The summed E-state index contributed by atoms with van der Waals surface area (Å²) in [6, 6.07) is 21.8. The smallest absolute Gasteiger partial charge is 0.296 e. The topological polar surface area (TPSA) is 109 Å². The zero-order valence-electron chi connectivity index (χ0n) is 22.5. The summed E-state index contributed by atoms with van der Waals surface area (Å²) in [6.07, 6.45) is 1.60. The molecule has 2 amide bonds. The number of nitrogens with zero attached hydrogens (tertiary/aromatic N) is 3. The van der Waals surface area contributed by atoms with Gasteiger partial charge in [0, 0.05) is 22.8 Å². The van der Waals surface area contributed by atoms with Crippen LogP contribution in [0.5, 0.6) is 5.75 Å². The molecule has 1 aliphatic rings. The number of anilines is 2. The molecule has 5 rings (SSSR count). The van der Waals surface area contributed by atoms with Gasteiger partial charge in [-0.1, -0.05) is 51.8 Å². The number of halogens is 1. The molecule has 1 fully saturated rings. The average molecular weight is 633 g/mol. The van der Waals surface area contributed by atoms with Gasteiger partial charge >= 0.3 is 0 Å². The molecule has 0 atom stereocenters. The highest BCUT2D eigenvalue weighted by molar-refractivity contribution is 9.10. The van der Waals surface area contributed by atoms with E-state index in [9.17, 15) is 14.4 Å². The highest BCUT2D eigenvalue weighted by atomic mass is 79.9. The van der Waals surface area contributed by atoms with Gasteiger partial charge in [-0.25, -0.2) is 9.58 Å². The first-order chi connectivity index (χ1) is 19.6. The van der Waals surface area contributed by atoms with E-state index < -0.39 is 11.5 Å². The molecule has 1 aromatic heterocycles. The van der Waals surface area contributed by atoms with Gasteiger partial charge in [-0.15, -0.1) is 0 Å². The number of para-hydroxylation sites is 1. The Kier molecular flexibility index (Phi) is 8.00. The van der Waals surface area contributed by atoms with Gasteiger partial charge in [0.15, 0.2) is 11.8 Å². The van der Waals surface area contributed by atoms with E-state index in [-0.39, 0.29) is 28.3 Å². The summed E-state index contributed by atoms with van der Waals surface area (Å²) in [5.41, 5.74) is 3.21. The summed E-state index contributed by atoms with van der Waals surface area (Å²) >= 11 is 4.40. The largest absolute Gasteiger partial charge is 0.483 e. The van der Waals surface area contributed by atoms with E-state index in [1.807, 2.05) is 49.4 Å². The monoisotopic (exact) mass is 631 g/mol. The third kappa shape index (κ3) is 5.77. The number of hydrogen-bond donors (Lipinski definition) is 2. The Morgan fingerprint density at radius 2 is 1.76 bits per heavy atom. The molecule has 0 radical (unpaired) electrons. The molecule has 1 saturated heterocycles. The van der Waals surface area contributed by atoms with Crippen molar-refractivity contribution in [3.63, 3.8) is 0 Å². The molecule has 208 valence electrons. The van der Waals surface area contributed by atoms with Crippen LogP contribution < -0.4 is 20.5 Å². The van der Waals surface area contributed by atoms with E-state index >= 15 is 0 Å². The molecule has 1 aliphatic heterocycles. The second-order valence-electron chi connectivity index (χ2n) is 9.35. The number of amides is 2. The molecule has 4 aromatic rings. The fraction of sp³-hybridized carbons (Fsp3) is 0.133. The van der Waals surface area contributed by atoms with Crippen LogP contribution in [0.1, 0.15) is 16.8 Å². The van der Waals surface area contributed by atoms with Gasteiger partial charge in [-0.05, 0) is 74.1 Å². The van der Waals surface area contributed by atoms with Crippen LogP contribution >= 0.6 is 27.7 Å². The van der Waals surface area contributed by atoms with Crippen LogP contribution in [-0.2, 0) is 16.6 Å². The molecule has 2 heterocycles. The summed E-state index contributed by atoms with van der Waals surface area (Å²) in [6.45, 7) is 3.47. The van der Waals surface area contributed by atoms with Crippen molar-refractivity contribution >= 4 is 62.1 Å². The van der Waals surface area contributed by atoms with Crippen LogP contribution in [0.15, 0.2) is 87.0 Å². The van der Waals surface area contributed by atoms with Crippen molar-refractivity contribution in [1.82, 2.24) is 9.36 Å². The third-order valence-corrected chi connectivity index (χ3v) is 7.91. The Bertz CT molecular complexity index is 1760. The van der Waals surface area contributed by atoms with Crippen LogP contribution in [0.2, 0.25) is 0 Å². The number of aromatic nitrogens is 2.